The number of nitrogen functional groups attached to an aromatic ring is 1. The normalized spacial score (nSPS) is 27.1. The Hall–Kier alpha value is -10.6. The number of nitrogens with one attached hydrogen (secondary N) is 3. The van der Waals surface area contributed by atoms with Crippen molar-refractivity contribution in [3.63, 3.8) is 0 Å². The summed E-state index contributed by atoms with van der Waals surface area (Å²) in [6.07, 6.45) is 13.3. The zero-order valence-electron chi connectivity index (χ0n) is 71.3. The maximum absolute atomic E-state index is 15.7. The minimum atomic E-state index is -1.14. The van der Waals surface area contributed by atoms with Crippen molar-refractivity contribution in [2.45, 2.75) is 271 Å². The fraction of sp³-hybridized carbons (Fsp3) is 0.659. The molecule has 37 nitrogen and oxygen atoms in total. The van der Waals surface area contributed by atoms with Crippen molar-refractivity contribution < 1.29 is 71.9 Å². The fourth-order valence-electron chi connectivity index (χ4n) is 21.6. The van der Waals surface area contributed by atoms with Gasteiger partial charge in [-0.25, -0.2) is 14.6 Å². The number of anilines is 2. The van der Waals surface area contributed by atoms with Crippen LogP contribution in [0.5, 0.6) is 0 Å². The standard InChI is InChI=1S/C85H114N22O15S2/c1-48(108)95-31-8-21-54(95)73(112)97-33-9-23-56(97)75(114)98-34-10-24-57(98)76(115)99-35-11-25-58(99)77(116)100-36-12-26-59(100)78(117)101-37-13-27-60(101)79(118)102-38-14-28-61(102)80(119)103-39-15-29-62(103)81(120)104-40-17-30-63(104)82(121)106-47-52(43-64(106)83(122)105-41-16-22-55(105)74(113)96-32-7-20-53(96)70(87)110)107-46-51(93-94-107)44-89-65(109)45-88-50-19-6-18-49(42-50)68-66-67(86)69(71(111)92-85(2,3)4)124-72(66)91-84(90-68)123-5/h6,18-19,42,46,52-64,88H,7-17,20-41,43-45,47,86H2,1-5H3,(H2,87,110)(H,89,109)(H,92,111)/t52-,53-,54-,55-,56-,57-,58-,59-,60-,61-,62-,63-,64-/m0/s1. The number of hydrogen-bond donors (Lipinski definition) is 5. The van der Waals surface area contributed by atoms with E-state index in [1.54, 1.807) is 51.2 Å². The van der Waals surface area contributed by atoms with Crippen LogP contribution >= 0.6 is 23.1 Å². The highest BCUT2D eigenvalue weighted by Gasteiger charge is 2.55. The van der Waals surface area contributed by atoms with E-state index in [0.29, 0.717) is 197 Å². The number of nitrogens with two attached hydrogens (primary N) is 2. The third kappa shape index (κ3) is 16.9. The average molecular weight is 1750 g/mol. The summed E-state index contributed by atoms with van der Waals surface area (Å²) in [5.74, 6) is -5.78. The molecular formula is C85H114N22O15S2. The second kappa shape index (κ2) is 36.2. The molecule has 0 unspecified atom stereocenters. The average Bonchev–Trinajstić information content (AvgIpc) is 1.60. The molecule has 666 valence electrons. The predicted octanol–water partition coefficient (Wildman–Crippen LogP) is 2.06. The zero-order valence-corrected chi connectivity index (χ0v) is 72.9. The van der Waals surface area contributed by atoms with E-state index in [1.807, 2.05) is 45.2 Å². The van der Waals surface area contributed by atoms with Crippen molar-refractivity contribution in [1.82, 2.24) is 94.4 Å². The molecule has 12 saturated heterocycles. The van der Waals surface area contributed by atoms with Gasteiger partial charge in [-0.05, 0) is 180 Å². The van der Waals surface area contributed by atoms with Gasteiger partial charge in [0, 0.05) is 109 Å². The molecule has 15 amide bonds. The summed E-state index contributed by atoms with van der Waals surface area (Å²) in [5, 5.41) is 18.9. The minimum absolute atomic E-state index is 0.0426. The lowest BCUT2D eigenvalue weighted by Crippen LogP contribution is -2.59. The predicted molar refractivity (Wildman–Crippen MR) is 453 cm³/mol. The Morgan fingerprint density at radius 2 is 0.831 bits per heavy atom. The molecule has 4 aromatic rings. The lowest BCUT2D eigenvalue weighted by atomic mass is 10.1. The van der Waals surface area contributed by atoms with Crippen molar-refractivity contribution in [3.05, 3.63) is 41.0 Å². The van der Waals surface area contributed by atoms with Crippen LogP contribution in [0.2, 0.25) is 0 Å². The quantitative estimate of drug-likeness (QED) is 0.0588. The van der Waals surface area contributed by atoms with Gasteiger partial charge in [-0.3, -0.25) is 71.9 Å². The van der Waals surface area contributed by atoms with Crippen LogP contribution in [0.1, 0.15) is 197 Å². The Kier molecular flexibility index (Phi) is 25.3. The number of benzene rings is 1. The van der Waals surface area contributed by atoms with Gasteiger partial charge >= 0.3 is 0 Å². The molecule has 16 rings (SSSR count). The number of carbonyl (C=O) groups is 15. The number of hydrogen-bond acceptors (Lipinski definition) is 23. The van der Waals surface area contributed by atoms with Crippen LogP contribution in [0.25, 0.3) is 21.5 Å². The van der Waals surface area contributed by atoms with Gasteiger partial charge in [0.2, 0.25) is 82.7 Å². The molecule has 0 aliphatic carbocycles. The highest BCUT2D eigenvalue weighted by atomic mass is 32.2. The summed E-state index contributed by atoms with van der Waals surface area (Å²) >= 11 is 2.54. The molecule has 13 atom stereocenters. The van der Waals surface area contributed by atoms with Gasteiger partial charge in [-0.2, -0.15) is 0 Å². The van der Waals surface area contributed by atoms with Gasteiger partial charge in [0.15, 0.2) is 5.16 Å². The van der Waals surface area contributed by atoms with Gasteiger partial charge in [-0.15, -0.1) is 16.4 Å². The van der Waals surface area contributed by atoms with Crippen molar-refractivity contribution in [2.24, 2.45) is 5.73 Å². The largest absolute Gasteiger partial charge is 0.397 e. The van der Waals surface area contributed by atoms with Gasteiger partial charge < -0.3 is 86.2 Å². The monoisotopic (exact) mass is 1750 g/mol. The first-order valence-corrected chi connectivity index (χ1v) is 46.5. The molecule has 0 spiro atoms. The SMILES string of the molecule is CSc1nc(-c2cccc(NCC(=O)NCc3cn([C@H]4C[C@@H](C(=O)N5CCC[C@H]5C(=O)N5CCC[C@H]5C(N)=O)N(C(=O)[C@@H]5CCCN5C(=O)[C@@H]5CCCN5C(=O)[C@@H]5CCCN5C(=O)[C@@H]5CCCN5C(=O)[C@@H]5CCCN5C(=O)[C@@H]5CCCN5C(=O)[C@@H]5CCCN5C(=O)[C@@H]5CCCN5C(=O)[C@@H]5CCCN5C(C)=O)C4)nn3)c2)c2c(N)c(C(=O)NC(C)(C)C)sc2n1. The van der Waals surface area contributed by atoms with E-state index in [1.165, 1.54) is 54.5 Å². The van der Waals surface area contributed by atoms with Crippen LogP contribution in [0.4, 0.5) is 11.4 Å². The number of thioether (sulfide) groups is 1. The van der Waals surface area contributed by atoms with Gasteiger partial charge in [0.05, 0.1) is 42.1 Å². The third-order valence-electron chi connectivity index (χ3n) is 27.5. The van der Waals surface area contributed by atoms with Crippen molar-refractivity contribution in [2.75, 3.05) is 102 Å². The van der Waals surface area contributed by atoms with E-state index in [2.05, 4.69) is 31.2 Å². The maximum atomic E-state index is 15.7. The Labute approximate surface area is 727 Å². The molecule has 39 heteroatoms. The molecule has 0 radical (unpaired) electrons. The van der Waals surface area contributed by atoms with Crippen molar-refractivity contribution in [1.29, 1.82) is 0 Å². The van der Waals surface area contributed by atoms with Crippen LogP contribution in [0.3, 0.4) is 0 Å². The second-order valence-electron chi connectivity index (χ2n) is 36.3. The van der Waals surface area contributed by atoms with E-state index in [0.717, 1.165) is 0 Å². The van der Waals surface area contributed by atoms with E-state index >= 15 is 28.8 Å². The number of primary amides is 1. The van der Waals surface area contributed by atoms with Gasteiger partial charge in [-0.1, -0.05) is 29.1 Å². The smallest absolute Gasteiger partial charge is 0.263 e. The van der Waals surface area contributed by atoms with Crippen molar-refractivity contribution in [3.8, 4) is 11.3 Å². The molecule has 1 aromatic carbocycles. The molecule has 12 fully saturated rings. The number of amides is 15. The highest BCUT2D eigenvalue weighted by Crippen LogP contribution is 2.43. The molecule has 15 heterocycles. The summed E-state index contributed by atoms with van der Waals surface area (Å²) in [5.41, 5.74) is 14.4. The molecule has 0 bridgehead atoms. The number of rotatable bonds is 21. The topological polar surface area (TPSA) is 440 Å². The summed E-state index contributed by atoms with van der Waals surface area (Å²) in [7, 11) is 0. The van der Waals surface area contributed by atoms with Crippen LogP contribution < -0.4 is 27.4 Å². The molecule has 0 saturated carbocycles. The number of likely N-dealkylation sites (tertiary alicyclic amines) is 12. The Morgan fingerprint density at radius 3 is 1.20 bits per heavy atom. The maximum Gasteiger partial charge on any atom is 0.263 e. The molecular weight excluding hydrogens is 1630 g/mol. The van der Waals surface area contributed by atoms with E-state index in [4.69, 9.17) is 16.5 Å². The second-order valence-corrected chi connectivity index (χ2v) is 38.0. The summed E-state index contributed by atoms with van der Waals surface area (Å²) in [4.78, 5) is 245. The Bertz CT molecular complexity index is 4920. The molecule has 7 N–H and O–H groups in total. The van der Waals surface area contributed by atoms with E-state index in [9.17, 15) is 43.2 Å². The lowest BCUT2D eigenvalue weighted by molar-refractivity contribution is -0.156. The van der Waals surface area contributed by atoms with E-state index < -0.39 is 125 Å². The number of nitrogens with zero attached hydrogens (tertiary/aromatic N) is 17. The first kappa shape index (κ1) is 86.9. The van der Waals surface area contributed by atoms with Crippen LogP contribution in [-0.2, 0) is 73.7 Å². The van der Waals surface area contributed by atoms with Crippen LogP contribution in [-0.4, -0.2) is 342 Å². The zero-order chi connectivity index (χ0) is 87.4. The highest BCUT2D eigenvalue weighted by molar-refractivity contribution is 7.98. The minimum Gasteiger partial charge on any atom is -0.397 e. The first-order valence-electron chi connectivity index (χ1n) is 44.5. The summed E-state index contributed by atoms with van der Waals surface area (Å²) < 4.78 is 1.55. The fourth-order valence-corrected chi connectivity index (χ4v) is 23.0. The number of fused-ring (bicyclic) bond motifs is 1. The number of aromatic nitrogens is 5. The van der Waals surface area contributed by atoms with Crippen LogP contribution in [0.15, 0.2) is 35.6 Å². The van der Waals surface area contributed by atoms with Crippen LogP contribution in [0, 0.1) is 0 Å². The van der Waals surface area contributed by atoms with Gasteiger partial charge in [0.25, 0.3) is 5.91 Å². The molecule has 3 aromatic heterocycles. The Morgan fingerprint density at radius 1 is 0.476 bits per heavy atom. The summed E-state index contributed by atoms with van der Waals surface area (Å²) in [6, 6.07) is -4.17. The van der Waals surface area contributed by atoms with E-state index in [-0.39, 0.29) is 138 Å². The van der Waals surface area contributed by atoms with Gasteiger partial charge in [0.1, 0.15) is 87.9 Å². The lowest BCUT2D eigenvalue weighted by Gasteiger charge is -2.38. The number of carbonyl (C=O) groups excluding carboxylic acids is 15. The third-order valence-corrected chi connectivity index (χ3v) is 29.1. The Balaban J connectivity index is 0.560. The molecule has 12 aliphatic heterocycles. The molecule has 12 aliphatic rings. The molecule has 124 heavy (non-hydrogen) atoms. The number of thiophene rings is 1. The first-order chi connectivity index (χ1) is 59.6. The summed E-state index contributed by atoms with van der Waals surface area (Å²) in [6.45, 7) is 9.95. The van der Waals surface area contributed by atoms with Crippen molar-refractivity contribution >= 4 is 133 Å².